The fourth-order valence-electron chi connectivity index (χ4n) is 1.84. The largest absolute Gasteiger partial charge is 0.491 e. The summed E-state index contributed by atoms with van der Waals surface area (Å²) >= 11 is 0. The molecule has 1 aromatic carbocycles. The van der Waals surface area contributed by atoms with Gasteiger partial charge in [-0.1, -0.05) is 26.0 Å². The highest BCUT2D eigenvalue weighted by Crippen LogP contribution is 2.16. The van der Waals surface area contributed by atoms with Crippen molar-refractivity contribution >= 4 is 0 Å². The Hall–Kier alpha value is -1.02. The maximum Gasteiger partial charge on any atom is 0.119 e. The van der Waals surface area contributed by atoms with Crippen LogP contribution in [0, 0.1) is 5.92 Å². The Morgan fingerprint density at radius 1 is 1.12 bits per heavy atom. The SMILES string of the molecule is CCNCC(C)Cc1ccc(OC(C)C)cc1. The first-order chi connectivity index (χ1) is 8.11. The minimum absolute atomic E-state index is 0.244. The molecule has 1 N–H and O–H groups in total. The average molecular weight is 235 g/mol. The number of nitrogens with one attached hydrogen (secondary N) is 1. The van der Waals surface area contributed by atoms with Gasteiger partial charge in [-0.25, -0.2) is 0 Å². The minimum atomic E-state index is 0.244. The molecule has 0 saturated carbocycles. The molecule has 0 aromatic heterocycles. The molecule has 17 heavy (non-hydrogen) atoms. The quantitative estimate of drug-likeness (QED) is 0.783. The Kier molecular flexibility index (Phi) is 6.06. The summed E-state index contributed by atoms with van der Waals surface area (Å²) in [4.78, 5) is 0. The van der Waals surface area contributed by atoms with Crippen LogP contribution in [0.25, 0.3) is 0 Å². The third-order valence-corrected chi connectivity index (χ3v) is 2.62. The molecule has 0 bridgehead atoms. The highest BCUT2D eigenvalue weighted by molar-refractivity contribution is 5.27. The smallest absolute Gasteiger partial charge is 0.119 e. The number of hydrogen-bond acceptors (Lipinski definition) is 2. The van der Waals surface area contributed by atoms with Crippen LogP contribution < -0.4 is 10.1 Å². The molecule has 2 heteroatoms. The third-order valence-electron chi connectivity index (χ3n) is 2.62. The van der Waals surface area contributed by atoms with Crippen LogP contribution in [0.3, 0.4) is 0 Å². The molecule has 0 aliphatic carbocycles. The van der Waals surface area contributed by atoms with Gasteiger partial charge in [-0.3, -0.25) is 0 Å². The van der Waals surface area contributed by atoms with E-state index in [2.05, 4.69) is 43.4 Å². The number of ether oxygens (including phenoxy) is 1. The van der Waals surface area contributed by atoms with Gasteiger partial charge in [-0.2, -0.15) is 0 Å². The van der Waals surface area contributed by atoms with Crippen molar-refractivity contribution in [1.29, 1.82) is 0 Å². The van der Waals surface area contributed by atoms with E-state index in [0.717, 1.165) is 25.3 Å². The van der Waals surface area contributed by atoms with Gasteiger partial charge in [-0.05, 0) is 57.0 Å². The molecule has 0 aliphatic heterocycles. The van der Waals surface area contributed by atoms with Crippen molar-refractivity contribution < 1.29 is 4.74 Å². The maximum atomic E-state index is 5.63. The van der Waals surface area contributed by atoms with Gasteiger partial charge in [-0.15, -0.1) is 0 Å². The van der Waals surface area contributed by atoms with Gasteiger partial charge < -0.3 is 10.1 Å². The molecule has 0 heterocycles. The van der Waals surface area contributed by atoms with Crippen LogP contribution in [0.4, 0.5) is 0 Å². The number of benzene rings is 1. The lowest BCUT2D eigenvalue weighted by molar-refractivity contribution is 0.242. The van der Waals surface area contributed by atoms with Crippen LogP contribution in [-0.2, 0) is 6.42 Å². The molecule has 1 aromatic rings. The predicted molar refractivity (Wildman–Crippen MR) is 73.6 cm³/mol. The molecule has 0 spiro atoms. The molecule has 96 valence electrons. The Balaban J connectivity index is 2.44. The summed E-state index contributed by atoms with van der Waals surface area (Å²) in [5.74, 6) is 1.63. The van der Waals surface area contributed by atoms with Crippen molar-refractivity contribution in [3.63, 3.8) is 0 Å². The Morgan fingerprint density at radius 3 is 2.29 bits per heavy atom. The highest BCUT2D eigenvalue weighted by Gasteiger charge is 2.03. The van der Waals surface area contributed by atoms with Gasteiger partial charge >= 0.3 is 0 Å². The van der Waals surface area contributed by atoms with E-state index < -0.39 is 0 Å². The van der Waals surface area contributed by atoms with Gasteiger partial charge in [0.2, 0.25) is 0 Å². The number of rotatable bonds is 7. The molecule has 1 rings (SSSR count). The van der Waals surface area contributed by atoms with Crippen molar-refractivity contribution in [1.82, 2.24) is 5.32 Å². The Labute approximate surface area is 105 Å². The summed E-state index contributed by atoms with van der Waals surface area (Å²) in [6.07, 6.45) is 1.36. The summed E-state index contributed by atoms with van der Waals surface area (Å²) in [5, 5.41) is 3.38. The van der Waals surface area contributed by atoms with E-state index in [4.69, 9.17) is 4.74 Å². The second-order valence-electron chi connectivity index (χ2n) is 4.93. The van der Waals surface area contributed by atoms with Crippen molar-refractivity contribution in [3.05, 3.63) is 29.8 Å². The average Bonchev–Trinajstić information content (AvgIpc) is 2.28. The molecule has 1 unspecified atom stereocenters. The fraction of sp³-hybridized carbons (Fsp3) is 0.600. The first-order valence-electron chi connectivity index (χ1n) is 6.58. The molecule has 1 atom stereocenters. The fourth-order valence-corrected chi connectivity index (χ4v) is 1.84. The van der Waals surface area contributed by atoms with E-state index in [9.17, 15) is 0 Å². The molecule has 0 saturated heterocycles. The van der Waals surface area contributed by atoms with Crippen LogP contribution >= 0.6 is 0 Å². The molecule has 2 nitrogen and oxygen atoms in total. The van der Waals surface area contributed by atoms with Crippen LogP contribution in [0.2, 0.25) is 0 Å². The van der Waals surface area contributed by atoms with Gasteiger partial charge in [0.15, 0.2) is 0 Å². The lowest BCUT2D eigenvalue weighted by atomic mass is 10.0. The maximum absolute atomic E-state index is 5.63. The van der Waals surface area contributed by atoms with E-state index in [1.165, 1.54) is 5.56 Å². The lowest BCUT2D eigenvalue weighted by Gasteiger charge is -2.13. The predicted octanol–water partition coefficient (Wildman–Crippen LogP) is 3.26. The van der Waals surface area contributed by atoms with Gasteiger partial charge in [0, 0.05) is 0 Å². The normalized spacial score (nSPS) is 12.8. The monoisotopic (exact) mass is 235 g/mol. The zero-order valence-electron chi connectivity index (χ0n) is 11.5. The minimum Gasteiger partial charge on any atom is -0.491 e. The second-order valence-corrected chi connectivity index (χ2v) is 4.93. The highest BCUT2D eigenvalue weighted by atomic mass is 16.5. The standard InChI is InChI=1S/C15H25NO/c1-5-16-11-13(4)10-14-6-8-15(9-7-14)17-12(2)3/h6-9,12-13,16H,5,10-11H2,1-4H3. The van der Waals surface area contributed by atoms with Crippen molar-refractivity contribution in [2.75, 3.05) is 13.1 Å². The van der Waals surface area contributed by atoms with Crippen LogP contribution in [-0.4, -0.2) is 19.2 Å². The van der Waals surface area contributed by atoms with Crippen molar-refractivity contribution in [2.45, 2.75) is 40.2 Å². The van der Waals surface area contributed by atoms with E-state index in [-0.39, 0.29) is 6.10 Å². The summed E-state index contributed by atoms with van der Waals surface area (Å²) in [6, 6.07) is 8.46. The van der Waals surface area contributed by atoms with Gasteiger partial charge in [0.25, 0.3) is 0 Å². The van der Waals surface area contributed by atoms with Crippen molar-refractivity contribution in [2.24, 2.45) is 5.92 Å². The molecule has 0 amide bonds. The van der Waals surface area contributed by atoms with Crippen LogP contribution in [0.15, 0.2) is 24.3 Å². The van der Waals surface area contributed by atoms with E-state index in [1.54, 1.807) is 0 Å². The Morgan fingerprint density at radius 2 is 1.76 bits per heavy atom. The molecular formula is C15H25NO. The van der Waals surface area contributed by atoms with E-state index in [0.29, 0.717) is 5.92 Å². The van der Waals surface area contributed by atoms with Crippen LogP contribution in [0.5, 0.6) is 5.75 Å². The summed E-state index contributed by atoms with van der Waals surface area (Å²) in [6.45, 7) is 10.6. The summed E-state index contributed by atoms with van der Waals surface area (Å²) in [5.41, 5.74) is 1.38. The third kappa shape index (κ3) is 5.73. The first kappa shape index (κ1) is 14.0. The second kappa shape index (κ2) is 7.33. The molecular weight excluding hydrogens is 210 g/mol. The molecule has 0 radical (unpaired) electrons. The van der Waals surface area contributed by atoms with E-state index in [1.807, 2.05) is 13.8 Å². The van der Waals surface area contributed by atoms with Crippen molar-refractivity contribution in [3.8, 4) is 5.75 Å². The van der Waals surface area contributed by atoms with Gasteiger partial charge in [0.05, 0.1) is 6.10 Å². The number of hydrogen-bond donors (Lipinski definition) is 1. The van der Waals surface area contributed by atoms with E-state index >= 15 is 0 Å². The topological polar surface area (TPSA) is 21.3 Å². The summed E-state index contributed by atoms with van der Waals surface area (Å²) in [7, 11) is 0. The first-order valence-corrected chi connectivity index (χ1v) is 6.58. The lowest BCUT2D eigenvalue weighted by Crippen LogP contribution is -2.21. The zero-order valence-corrected chi connectivity index (χ0v) is 11.5. The van der Waals surface area contributed by atoms with Gasteiger partial charge in [0.1, 0.15) is 5.75 Å². The summed E-state index contributed by atoms with van der Waals surface area (Å²) < 4.78 is 5.63. The zero-order chi connectivity index (χ0) is 12.7. The molecule has 0 aliphatic rings. The van der Waals surface area contributed by atoms with Crippen LogP contribution in [0.1, 0.15) is 33.3 Å². The molecule has 0 fully saturated rings. The Bertz CT molecular complexity index is 305.